The Balaban J connectivity index is 0. The average molecular weight is 227 g/mol. The van der Waals surface area contributed by atoms with Crippen molar-refractivity contribution in [2.75, 3.05) is 28.0 Å². The molecule has 0 saturated heterocycles. The van der Waals surface area contributed by atoms with Gasteiger partial charge >= 0.3 is 0 Å². The second-order valence-electron chi connectivity index (χ2n) is 2.06. The van der Waals surface area contributed by atoms with Crippen LogP contribution in [0.1, 0.15) is 0 Å². The Bertz CT molecular complexity index is 176. The van der Waals surface area contributed by atoms with Crippen molar-refractivity contribution in [1.29, 1.82) is 0 Å². The van der Waals surface area contributed by atoms with E-state index < -0.39 is 4.97 Å². The smallest absolute Gasteiger partial charge is 0.252 e. The first-order valence-electron chi connectivity index (χ1n) is 3.59. The van der Waals surface area contributed by atoms with Crippen LogP contribution in [0.25, 0.3) is 0 Å². The van der Waals surface area contributed by atoms with Crippen LogP contribution >= 0.6 is 0 Å². The minimum absolute atomic E-state index is 0. The summed E-state index contributed by atoms with van der Waals surface area (Å²) >= 11 is 0. The zero-order valence-corrected chi connectivity index (χ0v) is 9.21. The van der Waals surface area contributed by atoms with Gasteiger partial charge in [0.15, 0.2) is 0 Å². The number of hydroxylamine groups is 3. The molecule has 0 radical (unpaired) electrons. The summed E-state index contributed by atoms with van der Waals surface area (Å²) in [5.74, 6) is -0.325. The highest BCUT2D eigenvalue weighted by molar-refractivity contribution is 5.86. The van der Waals surface area contributed by atoms with Crippen molar-refractivity contribution < 1.29 is 36.7 Å². The standard InChI is InChI=1S/C7H14N2O4.ClH/c1-5-7(10)8-6-9(11-2,12-3)13-4;/h5H,1,6H2,2-4H3;1H. The van der Waals surface area contributed by atoms with Crippen LogP contribution in [0.2, 0.25) is 0 Å². The molecule has 0 saturated carbocycles. The van der Waals surface area contributed by atoms with Gasteiger partial charge in [-0.3, -0.25) is 10.1 Å². The molecule has 7 heteroatoms. The van der Waals surface area contributed by atoms with E-state index in [1.54, 1.807) is 0 Å². The minimum atomic E-state index is -0.570. The number of nitrogens with zero attached hydrogens (tertiary/aromatic N) is 1. The zero-order valence-electron chi connectivity index (χ0n) is 8.45. The summed E-state index contributed by atoms with van der Waals surface area (Å²) in [6.45, 7) is 3.33. The normalized spacial score (nSPS) is 10.2. The molecule has 0 aromatic carbocycles. The molecular weight excluding hydrogens is 212 g/mol. The molecule has 1 amide bonds. The predicted octanol–water partition coefficient (Wildman–Crippen LogP) is -3.25. The number of nitrogens with one attached hydrogen (secondary N) is 1. The number of amides is 1. The first kappa shape index (κ1) is 15.8. The summed E-state index contributed by atoms with van der Waals surface area (Å²) in [6, 6.07) is 0. The number of quaternary nitrogens is 1. The molecule has 84 valence electrons. The summed E-state index contributed by atoms with van der Waals surface area (Å²) in [7, 11) is 4.19. The SMILES string of the molecule is C=CC(=O)NC[N+](OC)(OC)OC.[Cl-]. The molecule has 0 aliphatic carbocycles. The Morgan fingerprint density at radius 1 is 1.36 bits per heavy atom. The summed E-state index contributed by atoms with van der Waals surface area (Å²) in [4.78, 5) is 24.9. The van der Waals surface area contributed by atoms with Gasteiger partial charge in [0.1, 0.15) is 26.3 Å². The molecule has 0 atom stereocenters. The van der Waals surface area contributed by atoms with Gasteiger partial charge in [0.05, 0.1) is 0 Å². The van der Waals surface area contributed by atoms with E-state index in [9.17, 15) is 4.79 Å². The fraction of sp³-hybridized carbons (Fsp3) is 0.571. The molecule has 0 heterocycles. The summed E-state index contributed by atoms with van der Waals surface area (Å²) in [5.41, 5.74) is 0. The van der Waals surface area contributed by atoms with E-state index in [-0.39, 0.29) is 25.0 Å². The van der Waals surface area contributed by atoms with Crippen molar-refractivity contribution in [3.05, 3.63) is 12.7 Å². The minimum Gasteiger partial charge on any atom is -1.00 e. The first-order chi connectivity index (χ1) is 6.14. The largest absolute Gasteiger partial charge is 1.00 e. The Labute approximate surface area is 89.3 Å². The molecule has 6 nitrogen and oxygen atoms in total. The Kier molecular flexibility index (Phi) is 8.71. The van der Waals surface area contributed by atoms with Gasteiger partial charge in [-0.2, -0.15) is 0 Å². The lowest BCUT2D eigenvalue weighted by molar-refractivity contribution is -1.36. The fourth-order valence-electron chi connectivity index (χ4n) is 0.664. The van der Waals surface area contributed by atoms with Crippen LogP contribution in [-0.4, -0.2) is 38.9 Å². The third-order valence-electron chi connectivity index (χ3n) is 1.47. The molecule has 0 bridgehead atoms. The van der Waals surface area contributed by atoms with Crippen molar-refractivity contribution in [2.24, 2.45) is 0 Å². The monoisotopic (exact) mass is 226 g/mol. The number of rotatable bonds is 6. The van der Waals surface area contributed by atoms with Gasteiger partial charge in [-0.25, -0.2) is 0 Å². The third-order valence-corrected chi connectivity index (χ3v) is 1.47. The lowest BCUT2D eigenvalue weighted by Gasteiger charge is -2.24. The fourth-order valence-corrected chi connectivity index (χ4v) is 0.664. The number of carbonyl (C=O) groups is 1. The number of hydrogen-bond acceptors (Lipinski definition) is 4. The van der Waals surface area contributed by atoms with Crippen molar-refractivity contribution in [2.45, 2.75) is 0 Å². The zero-order chi connectivity index (χ0) is 10.3. The maximum atomic E-state index is 10.8. The molecule has 14 heavy (non-hydrogen) atoms. The molecule has 0 aliphatic heterocycles. The topological polar surface area (TPSA) is 56.8 Å². The van der Waals surface area contributed by atoms with Crippen molar-refractivity contribution in [3.63, 3.8) is 0 Å². The number of hydrogen-bond donors (Lipinski definition) is 1. The van der Waals surface area contributed by atoms with Crippen LogP contribution in [0.15, 0.2) is 12.7 Å². The van der Waals surface area contributed by atoms with Gasteiger partial charge in [-0.05, 0) is 6.08 Å². The van der Waals surface area contributed by atoms with E-state index in [0.717, 1.165) is 6.08 Å². The van der Waals surface area contributed by atoms with E-state index in [4.69, 9.17) is 14.5 Å². The molecule has 1 N–H and O–H groups in total. The van der Waals surface area contributed by atoms with Gasteiger partial charge in [0.25, 0.3) is 6.67 Å². The van der Waals surface area contributed by atoms with Crippen LogP contribution in [-0.2, 0) is 19.3 Å². The van der Waals surface area contributed by atoms with Gasteiger partial charge in [0.2, 0.25) is 5.91 Å². The number of carbonyl (C=O) groups excluding carboxylic acids is 1. The van der Waals surface area contributed by atoms with Crippen LogP contribution in [0, 0.1) is 0 Å². The van der Waals surface area contributed by atoms with Gasteiger partial charge in [-0.1, -0.05) is 6.58 Å². The summed E-state index contributed by atoms with van der Waals surface area (Å²) in [6.07, 6.45) is 1.15. The van der Waals surface area contributed by atoms with E-state index in [2.05, 4.69) is 11.9 Å². The molecule has 0 aromatic rings. The number of halogens is 1. The van der Waals surface area contributed by atoms with E-state index in [0.29, 0.717) is 0 Å². The van der Waals surface area contributed by atoms with Crippen molar-refractivity contribution >= 4 is 5.91 Å². The lowest BCUT2D eigenvalue weighted by Crippen LogP contribution is -3.00. The second-order valence-corrected chi connectivity index (χ2v) is 2.06. The molecule has 0 unspecified atom stereocenters. The maximum absolute atomic E-state index is 10.8. The van der Waals surface area contributed by atoms with Crippen LogP contribution in [0.5, 0.6) is 0 Å². The Morgan fingerprint density at radius 3 is 2.07 bits per heavy atom. The average Bonchev–Trinajstić information content (AvgIpc) is 2.20. The van der Waals surface area contributed by atoms with Crippen molar-refractivity contribution in [3.8, 4) is 0 Å². The van der Waals surface area contributed by atoms with Crippen molar-refractivity contribution in [1.82, 2.24) is 5.32 Å². The van der Waals surface area contributed by atoms with E-state index in [1.165, 1.54) is 21.3 Å². The van der Waals surface area contributed by atoms with Crippen LogP contribution in [0.3, 0.4) is 0 Å². The second kappa shape index (κ2) is 7.72. The molecule has 0 aromatic heterocycles. The summed E-state index contributed by atoms with van der Waals surface area (Å²) in [5, 5.41) is 2.47. The molecular formula is C7H15ClN2O4. The molecule has 0 aliphatic rings. The highest BCUT2D eigenvalue weighted by Gasteiger charge is 2.30. The maximum Gasteiger partial charge on any atom is 0.252 e. The third kappa shape index (κ3) is 4.54. The highest BCUT2D eigenvalue weighted by Crippen LogP contribution is 2.04. The Morgan fingerprint density at radius 2 is 1.79 bits per heavy atom. The van der Waals surface area contributed by atoms with E-state index >= 15 is 0 Å². The predicted molar refractivity (Wildman–Crippen MR) is 44.5 cm³/mol. The molecule has 0 spiro atoms. The van der Waals surface area contributed by atoms with Gasteiger partial charge in [0, 0.05) is 0 Å². The van der Waals surface area contributed by atoms with Gasteiger partial charge < -0.3 is 12.4 Å². The summed E-state index contributed by atoms with van der Waals surface area (Å²) < 4.78 is 0. The quantitative estimate of drug-likeness (QED) is 0.224. The van der Waals surface area contributed by atoms with E-state index in [1.807, 2.05) is 0 Å². The van der Waals surface area contributed by atoms with Gasteiger partial charge in [-0.15, -0.1) is 14.5 Å². The lowest BCUT2D eigenvalue weighted by atomic mass is 10.6. The first-order valence-corrected chi connectivity index (χ1v) is 3.59. The molecule has 0 rings (SSSR count). The highest BCUT2D eigenvalue weighted by atomic mass is 35.5. The molecule has 0 fully saturated rings. The van der Waals surface area contributed by atoms with Crippen LogP contribution < -0.4 is 17.7 Å². The Hall–Kier alpha value is -0.660. The van der Waals surface area contributed by atoms with Crippen LogP contribution in [0.4, 0.5) is 0 Å².